The van der Waals surface area contributed by atoms with Gasteiger partial charge in [-0.2, -0.15) is 5.10 Å². The summed E-state index contributed by atoms with van der Waals surface area (Å²) >= 11 is 0. The van der Waals surface area contributed by atoms with E-state index in [1.165, 1.54) is 22.5 Å². The molecule has 2 aromatic carbocycles. The van der Waals surface area contributed by atoms with Crippen molar-refractivity contribution < 1.29 is 14.7 Å². The fourth-order valence-corrected chi connectivity index (χ4v) is 3.83. The summed E-state index contributed by atoms with van der Waals surface area (Å²) in [6.45, 7) is 1.37. The lowest BCUT2D eigenvalue weighted by atomic mass is 10.0. The van der Waals surface area contributed by atoms with E-state index in [0.29, 0.717) is 19.5 Å². The molecule has 0 radical (unpaired) electrons. The number of piperidine rings is 1. The highest BCUT2D eigenvalue weighted by atomic mass is 16.4. The summed E-state index contributed by atoms with van der Waals surface area (Å²) in [5, 5.41) is 15.6. The Morgan fingerprint density at radius 2 is 1.82 bits per heavy atom. The molecule has 0 saturated carbocycles. The minimum absolute atomic E-state index is 0.151. The molecule has 4 rings (SSSR count). The minimum Gasteiger partial charge on any atom is -0.478 e. The summed E-state index contributed by atoms with van der Waals surface area (Å²) in [7, 11) is 0. The molecule has 1 aliphatic heterocycles. The maximum atomic E-state index is 12.6. The van der Waals surface area contributed by atoms with Crippen molar-refractivity contribution >= 4 is 22.6 Å². The number of carbonyl (C=O) groups is 2. The van der Waals surface area contributed by atoms with Crippen LogP contribution in [0.5, 0.6) is 0 Å². The van der Waals surface area contributed by atoms with Crippen LogP contribution in [-0.4, -0.2) is 44.8 Å². The molecule has 1 amide bonds. The van der Waals surface area contributed by atoms with Crippen LogP contribution in [0.2, 0.25) is 0 Å². The smallest absolute Gasteiger partial charge is 0.338 e. The Morgan fingerprint density at radius 1 is 1.07 bits per heavy atom. The Bertz CT molecular complexity index is 1000. The number of hydrogen-bond acceptors (Lipinski definition) is 3. The number of hydrogen-bond donors (Lipinski definition) is 1. The topological polar surface area (TPSA) is 75.4 Å². The molecule has 1 aromatic heterocycles. The molecule has 0 bridgehead atoms. The van der Waals surface area contributed by atoms with Crippen LogP contribution in [0, 0.1) is 0 Å². The zero-order valence-electron chi connectivity index (χ0n) is 15.6. The number of carboxylic acids is 1. The van der Waals surface area contributed by atoms with Gasteiger partial charge in [0, 0.05) is 25.7 Å². The lowest BCUT2D eigenvalue weighted by Crippen LogP contribution is -2.39. The summed E-state index contributed by atoms with van der Waals surface area (Å²) in [6.07, 6.45) is 5.79. The van der Waals surface area contributed by atoms with Crippen LogP contribution in [0.4, 0.5) is 0 Å². The summed E-state index contributed by atoms with van der Waals surface area (Å²) in [5.74, 6) is -0.786. The number of aromatic nitrogens is 2. The Labute approximate surface area is 163 Å². The van der Waals surface area contributed by atoms with Gasteiger partial charge in [0.1, 0.15) is 0 Å². The van der Waals surface area contributed by atoms with Crippen molar-refractivity contribution in [2.45, 2.75) is 31.7 Å². The Morgan fingerprint density at radius 3 is 2.54 bits per heavy atom. The molecule has 6 heteroatoms. The number of carbonyl (C=O) groups excluding carboxylic acids is 1. The van der Waals surface area contributed by atoms with E-state index < -0.39 is 5.97 Å². The highest BCUT2D eigenvalue weighted by molar-refractivity contribution is 5.86. The number of aryl methyl sites for hydroxylation is 1. The van der Waals surface area contributed by atoms with Gasteiger partial charge in [0.05, 0.1) is 17.8 Å². The first kappa shape index (κ1) is 18.2. The molecule has 2 heterocycles. The average Bonchev–Trinajstić information content (AvgIpc) is 3.23. The molecule has 6 nitrogen and oxygen atoms in total. The quantitative estimate of drug-likeness (QED) is 0.738. The van der Waals surface area contributed by atoms with Gasteiger partial charge in [0.2, 0.25) is 5.91 Å². The summed E-state index contributed by atoms with van der Waals surface area (Å²) < 4.78 is 1.72. The molecule has 3 aromatic rings. The zero-order chi connectivity index (χ0) is 19.5. The first-order chi connectivity index (χ1) is 13.6. The van der Waals surface area contributed by atoms with E-state index >= 15 is 0 Å². The van der Waals surface area contributed by atoms with Gasteiger partial charge in [-0.1, -0.05) is 42.5 Å². The lowest BCUT2D eigenvalue weighted by molar-refractivity contribution is -0.132. The van der Waals surface area contributed by atoms with Gasteiger partial charge in [-0.25, -0.2) is 4.79 Å². The average molecular weight is 377 g/mol. The van der Waals surface area contributed by atoms with Gasteiger partial charge in [-0.05, 0) is 35.6 Å². The highest BCUT2D eigenvalue weighted by Crippen LogP contribution is 2.23. The van der Waals surface area contributed by atoms with Crippen molar-refractivity contribution in [1.82, 2.24) is 14.7 Å². The highest BCUT2D eigenvalue weighted by Gasteiger charge is 2.24. The SMILES string of the molecule is O=C(O)c1cnn(C2CCN(C(=O)CCc3ccc4ccccc4c3)CC2)c1. The number of carboxylic acid groups (broad SMARTS) is 1. The predicted octanol–water partition coefficient (Wildman–Crippen LogP) is 3.53. The zero-order valence-corrected chi connectivity index (χ0v) is 15.6. The van der Waals surface area contributed by atoms with Crippen LogP contribution >= 0.6 is 0 Å². The van der Waals surface area contributed by atoms with Crippen LogP contribution in [0.15, 0.2) is 54.9 Å². The largest absolute Gasteiger partial charge is 0.478 e. The van der Waals surface area contributed by atoms with Crippen molar-refractivity contribution in [2.75, 3.05) is 13.1 Å². The molecular weight excluding hydrogens is 354 g/mol. The van der Waals surface area contributed by atoms with Crippen molar-refractivity contribution in [3.8, 4) is 0 Å². The van der Waals surface area contributed by atoms with Gasteiger partial charge in [-0.15, -0.1) is 0 Å². The van der Waals surface area contributed by atoms with Gasteiger partial charge >= 0.3 is 5.97 Å². The number of aromatic carboxylic acids is 1. The molecule has 0 unspecified atom stereocenters. The van der Waals surface area contributed by atoms with E-state index in [1.54, 1.807) is 10.9 Å². The van der Waals surface area contributed by atoms with Gasteiger partial charge in [-0.3, -0.25) is 9.48 Å². The summed E-state index contributed by atoms with van der Waals surface area (Å²) in [5.41, 5.74) is 1.38. The number of amides is 1. The molecule has 1 N–H and O–H groups in total. The van der Waals surface area contributed by atoms with E-state index in [-0.39, 0.29) is 17.5 Å². The molecule has 144 valence electrons. The van der Waals surface area contributed by atoms with E-state index in [1.807, 2.05) is 17.0 Å². The van der Waals surface area contributed by atoms with Crippen molar-refractivity contribution in [3.63, 3.8) is 0 Å². The van der Waals surface area contributed by atoms with Gasteiger partial charge in [0.15, 0.2) is 0 Å². The van der Waals surface area contributed by atoms with Crippen molar-refractivity contribution in [1.29, 1.82) is 0 Å². The molecule has 0 aliphatic carbocycles. The van der Waals surface area contributed by atoms with Gasteiger partial charge in [0.25, 0.3) is 0 Å². The van der Waals surface area contributed by atoms with Crippen LogP contribution in [-0.2, 0) is 11.2 Å². The summed E-state index contributed by atoms with van der Waals surface area (Å²) in [4.78, 5) is 25.5. The van der Waals surface area contributed by atoms with Crippen LogP contribution < -0.4 is 0 Å². The lowest BCUT2D eigenvalue weighted by Gasteiger charge is -2.32. The third kappa shape index (κ3) is 3.91. The second-order valence-corrected chi connectivity index (χ2v) is 7.31. The molecule has 28 heavy (non-hydrogen) atoms. The number of fused-ring (bicyclic) bond motifs is 1. The second-order valence-electron chi connectivity index (χ2n) is 7.31. The Balaban J connectivity index is 1.30. The molecule has 1 fully saturated rings. The first-order valence-electron chi connectivity index (χ1n) is 9.63. The standard InChI is InChI=1S/C22H23N3O3/c26-21(8-6-16-5-7-17-3-1-2-4-18(17)13-16)24-11-9-20(10-12-24)25-15-19(14-23-25)22(27)28/h1-5,7,13-15,20H,6,8-12H2,(H,27,28). The first-order valence-corrected chi connectivity index (χ1v) is 9.63. The van der Waals surface area contributed by atoms with Gasteiger partial charge < -0.3 is 10.0 Å². The molecule has 1 saturated heterocycles. The van der Waals surface area contributed by atoms with Crippen molar-refractivity contribution in [2.24, 2.45) is 0 Å². The number of rotatable bonds is 5. The Kier molecular flexibility index (Phi) is 5.10. The number of nitrogens with zero attached hydrogens (tertiary/aromatic N) is 3. The third-order valence-electron chi connectivity index (χ3n) is 5.48. The maximum absolute atomic E-state index is 12.6. The van der Waals surface area contributed by atoms with Crippen LogP contribution in [0.1, 0.15) is 41.2 Å². The fourth-order valence-electron chi connectivity index (χ4n) is 3.83. The molecule has 1 aliphatic rings. The van der Waals surface area contributed by atoms with E-state index in [2.05, 4.69) is 35.4 Å². The minimum atomic E-state index is -0.965. The second kappa shape index (κ2) is 7.84. The van der Waals surface area contributed by atoms with E-state index in [4.69, 9.17) is 5.11 Å². The van der Waals surface area contributed by atoms with Crippen molar-refractivity contribution in [3.05, 3.63) is 66.0 Å². The van der Waals surface area contributed by atoms with E-state index in [0.717, 1.165) is 19.3 Å². The number of likely N-dealkylation sites (tertiary alicyclic amines) is 1. The van der Waals surface area contributed by atoms with E-state index in [9.17, 15) is 9.59 Å². The monoisotopic (exact) mass is 377 g/mol. The maximum Gasteiger partial charge on any atom is 0.338 e. The number of benzene rings is 2. The molecule has 0 atom stereocenters. The van der Waals surface area contributed by atoms with Crippen LogP contribution in [0.3, 0.4) is 0 Å². The summed E-state index contributed by atoms with van der Waals surface area (Å²) in [6, 6.07) is 14.8. The van der Waals surface area contributed by atoms with Crippen LogP contribution in [0.25, 0.3) is 10.8 Å². The molecular formula is C22H23N3O3. The Hall–Kier alpha value is -3.15. The fraction of sp³-hybridized carbons (Fsp3) is 0.318. The predicted molar refractivity (Wildman–Crippen MR) is 106 cm³/mol. The molecule has 0 spiro atoms. The normalized spacial score (nSPS) is 15.1. The third-order valence-corrected chi connectivity index (χ3v) is 5.48.